The third-order valence-corrected chi connectivity index (χ3v) is 8.48. The number of carbonyl (C=O) groups excluding carboxylic acids is 2. The smallest absolute Gasteiger partial charge is 0.251 e. The number of benzene rings is 2. The van der Waals surface area contributed by atoms with Crippen LogP contribution in [-0.4, -0.2) is 25.0 Å². The maximum absolute atomic E-state index is 13.1. The molecule has 0 saturated heterocycles. The lowest BCUT2D eigenvalue weighted by atomic mass is 9.48. The second-order valence-corrected chi connectivity index (χ2v) is 11.6. The van der Waals surface area contributed by atoms with Crippen LogP contribution in [0.15, 0.2) is 48.5 Å². The summed E-state index contributed by atoms with van der Waals surface area (Å²) in [5.41, 5.74) is 3.02. The summed E-state index contributed by atoms with van der Waals surface area (Å²) < 4.78 is 5.18. The van der Waals surface area contributed by atoms with Gasteiger partial charge >= 0.3 is 0 Å². The Balaban J connectivity index is 1.26. The summed E-state index contributed by atoms with van der Waals surface area (Å²) in [6.45, 7) is 4.11. The average molecular weight is 475 g/mol. The van der Waals surface area contributed by atoms with Gasteiger partial charge < -0.3 is 15.4 Å². The number of rotatable bonds is 8. The van der Waals surface area contributed by atoms with E-state index in [9.17, 15) is 9.59 Å². The lowest BCUT2D eigenvalue weighted by molar-refractivity contribution is -0.118. The Morgan fingerprint density at radius 3 is 2.00 bits per heavy atom. The lowest BCUT2D eigenvalue weighted by Gasteiger charge is -2.57. The van der Waals surface area contributed by atoms with Gasteiger partial charge in [-0.15, -0.1) is 0 Å². The van der Waals surface area contributed by atoms with Gasteiger partial charge in [-0.1, -0.05) is 26.0 Å². The van der Waals surface area contributed by atoms with Crippen molar-refractivity contribution in [2.24, 2.45) is 23.7 Å². The van der Waals surface area contributed by atoms with Crippen molar-refractivity contribution in [3.63, 3.8) is 0 Å². The molecule has 4 bridgehead atoms. The highest BCUT2D eigenvalue weighted by Crippen LogP contribution is 2.60. The molecule has 0 aromatic heterocycles. The lowest BCUT2D eigenvalue weighted by Crippen LogP contribution is -2.48. The third kappa shape index (κ3) is 5.10. The summed E-state index contributed by atoms with van der Waals surface area (Å²) in [6, 6.07) is 14.9. The fourth-order valence-corrected chi connectivity index (χ4v) is 7.29. The molecule has 4 aliphatic rings. The normalized spacial score (nSPS) is 27.5. The SMILES string of the molecule is COc1ccc(NC(=O)C(CC(C)C)NC(=O)c2ccc(C34CC5CC(CC(C5)C3)C4)cc2)cc1. The molecule has 0 spiro atoms. The van der Waals surface area contributed by atoms with E-state index < -0.39 is 6.04 Å². The highest BCUT2D eigenvalue weighted by atomic mass is 16.5. The van der Waals surface area contributed by atoms with Crippen LogP contribution in [0.4, 0.5) is 5.69 Å². The van der Waals surface area contributed by atoms with Gasteiger partial charge in [-0.3, -0.25) is 9.59 Å². The summed E-state index contributed by atoms with van der Waals surface area (Å²) in [5.74, 6) is 3.27. The predicted molar refractivity (Wildman–Crippen MR) is 139 cm³/mol. The number of ether oxygens (including phenoxy) is 1. The second-order valence-electron chi connectivity index (χ2n) is 11.6. The zero-order valence-corrected chi connectivity index (χ0v) is 21.2. The number of carbonyl (C=O) groups is 2. The minimum absolute atomic E-state index is 0.197. The molecule has 1 atom stereocenters. The minimum atomic E-state index is -0.604. The van der Waals surface area contributed by atoms with Gasteiger partial charge in [0.1, 0.15) is 11.8 Å². The molecule has 1 unspecified atom stereocenters. The Morgan fingerprint density at radius 1 is 0.914 bits per heavy atom. The topological polar surface area (TPSA) is 67.4 Å². The van der Waals surface area contributed by atoms with Crippen LogP contribution < -0.4 is 15.4 Å². The van der Waals surface area contributed by atoms with Crippen LogP contribution in [0.25, 0.3) is 0 Å². The van der Waals surface area contributed by atoms with E-state index in [1.165, 1.54) is 44.1 Å². The van der Waals surface area contributed by atoms with Crippen LogP contribution >= 0.6 is 0 Å². The molecule has 0 aliphatic heterocycles. The number of hydrogen-bond donors (Lipinski definition) is 2. The Bertz CT molecular complexity index is 1020. The fourth-order valence-electron chi connectivity index (χ4n) is 7.29. The van der Waals surface area contributed by atoms with Crippen LogP contribution in [0.1, 0.15) is 74.7 Å². The van der Waals surface area contributed by atoms with E-state index in [0.717, 1.165) is 23.5 Å². The number of anilines is 1. The van der Waals surface area contributed by atoms with E-state index >= 15 is 0 Å². The van der Waals surface area contributed by atoms with Gasteiger partial charge in [0.25, 0.3) is 5.91 Å². The monoisotopic (exact) mass is 474 g/mol. The molecule has 0 radical (unpaired) electrons. The van der Waals surface area contributed by atoms with Crippen molar-refractivity contribution in [2.45, 2.75) is 70.3 Å². The molecular formula is C30H38N2O3. The fraction of sp³-hybridized carbons (Fsp3) is 0.533. The molecule has 2 aromatic rings. The number of amides is 2. The highest BCUT2D eigenvalue weighted by molar-refractivity contribution is 6.01. The minimum Gasteiger partial charge on any atom is -0.497 e. The van der Waals surface area contributed by atoms with E-state index in [1.807, 2.05) is 12.1 Å². The molecule has 2 aromatic carbocycles. The van der Waals surface area contributed by atoms with Gasteiger partial charge in [0.2, 0.25) is 5.91 Å². The third-order valence-electron chi connectivity index (χ3n) is 8.48. The molecule has 6 rings (SSSR count). The van der Waals surface area contributed by atoms with E-state index in [-0.39, 0.29) is 17.7 Å². The molecule has 2 N–H and O–H groups in total. The molecule has 5 heteroatoms. The van der Waals surface area contributed by atoms with Crippen LogP contribution in [-0.2, 0) is 10.2 Å². The molecule has 4 fully saturated rings. The van der Waals surface area contributed by atoms with Gasteiger partial charge in [-0.25, -0.2) is 0 Å². The first-order valence-electron chi connectivity index (χ1n) is 13.2. The quantitative estimate of drug-likeness (QED) is 0.497. The van der Waals surface area contributed by atoms with Crippen molar-refractivity contribution < 1.29 is 14.3 Å². The molecular weight excluding hydrogens is 436 g/mol. The zero-order chi connectivity index (χ0) is 24.6. The Labute approximate surface area is 209 Å². The van der Waals surface area contributed by atoms with Crippen LogP contribution in [0, 0.1) is 23.7 Å². The van der Waals surface area contributed by atoms with Gasteiger partial charge in [-0.05, 0) is 116 Å². The van der Waals surface area contributed by atoms with Crippen LogP contribution in [0.2, 0.25) is 0 Å². The Hall–Kier alpha value is -2.82. The van der Waals surface area contributed by atoms with Crippen molar-refractivity contribution in [3.8, 4) is 5.75 Å². The van der Waals surface area contributed by atoms with Crippen molar-refractivity contribution in [1.82, 2.24) is 5.32 Å². The largest absolute Gasteiger partial charge is 0.497 e. The summed E-state index contributed by atoms with van der Waals surface area (Å²) in [6.07, 6.45) is 8.78. The van der Waals surface area contributed by atoms with Crippen LogP contribution in [0.5, 0.6) is 5.75 Å². The molecule has 4 saturated carbocycles. The summed E-state index contributed by atoms with van der Waals surface area (Å²) in [7, 11) is 1.61. The van der Waals surface area contributed by atoms with Crippen molar-refractivity contribution in [1.29, 1.82) is 0 Å². The first kappa shape index (κ1) is 23.9. The Kier molecular flexibility index (Phi) is 6.61. The summed E-state index contributed by atoms with van der Waals surface area (Å²) in [4.78, 5) is 26.2. The van der Waals surface area contributed by atoms with E-state index in [0.29, 0.717) is 23.1 Å². The van der Waals surface area contributed by atoms with Crippen molar-refractivity contribution in [2.75, 3.05) is 12.4 Å². The van der Waals surface area contributed by atoms with Gasteiger partial charge in [0.15, 0.2) is 0 Å². The molecule has 2 amide bonds. The van der Waals surface area contributed by atoms with Gasteiger partial charge in [-0.2, -0.15) is 0 Å². The summed E-state index contributed by atoms with van der Waals surface area (Å²) >= 11 is 0. The van der Waals surface area contributed by atoms with Gasteiger partial charge in [0, 0.05) is 11.3 Å². The molecule has 4 aliphatic carbocycles. The number of hydrogen-bond acceptors (Lipinski definition) is 3. The number of methoxy groups -OCH3 is 1. The van der Waals surface area contributed by atoms with Crippen molar-refractivity contribution in [3.05, 3.63) is 59.7 Å². The molecule has 35 heavy (non-hydrogen) atoms. The van der Waals surface area contributed by atoms with E-state index in [1.54, 1.807) is 31.4 Å². The molecule has 5 nitrogen and oxygen atoms in total. The predicted octanol–water partition coefficient (Wildman–Crippen LogP) is 5.95. The standard InChI is InChI=1S/C30H38N2O3/c1-19(2)12-27(29(34)31-25-8-10-26(35-3)11-9-25)32-28(33)23-4-6-24(7-5-23)30-16-20-13-21(17-30)15-22(14-20)18-30/h4-11,19-22,27H,12-18H2,1-3H3,(H,31,34)(H,32,33). The van der Waals surface area contributed by atoms with E-state index in [4.69, 9.17) is 4.74 Å². The maximum Gasteiger partial charge on any atom is 0.251 e. The first-order chi connectivity index (χ1) is 16.8. The van der Waals surface area contributed by atoms with Gasteiger partial charge in [0.05, 0.1) is 7.11 Å². The second kappa shape index (κ2) is 9.67. The van der Waals surface area contributed by atoms with E-state index in [2.05, 4.69) is 36.6 Å². The Morgan fingerprint density at radius 2 is 1.49 bits per heavy atom. The molecule has 186 valence electrons. The van der Waals surface area contributed by atoms with Crippen LogP contribution in [0.3, 0.4) is 0 Å². The van der Waals surface area contributed by atoms with Crippen molar-refractivity contribution >= 4 is 17.5 Å². The zero-order valence-electron chi connectivity index (χ0n) is 21.2. The maximum atomic E-state index is 13.1. The number of nitrogens with one attached hydrogen (secondary N) is 2. The summed E-state index contributed by atoms with van der Waals surface area (Å²) in [5, 5.41) is 5.92. The first-order valence-corrected chi connectivity index (χ1v) is 13.2. The highest BCUT2D eigenvalue weighted by Gasteiger charge is 2.51. The average Bonchev–Trinajstić information content (AvgIpc) is 2.83. The molecule has 0 heterocycles.